The minimum absolute atomic E-state index is 0.136. The van der Waals surface area contributed by atoms with Crippen molar-refractivity contribution < 1.29 is 23.8 Å². The van der Waals surface area contributed by atoms with Crippen molar-refractivity contribution in [3.63, 3.8) is 0 Å². The smallest absolute Gasteiger partial charge is 0.307 e. The minimum Gasteiger partial charge on any atom is -0.496 e. The van der Waals surface area contributed by atoms with Crippen molar-refractivity contribution in [3.05, 3.63) is 76.4 Å². The molecule has 0 saturated heterocycles. The first kappa shape index (κ1) is 23.2. The Balaban J connectivity index is 1.68. The van der Waals surface area contributed by atoms with Crippen LogP contribution in [0.1, 0.15) is 28.1 Å². The summed E-state index contributed by atoms with van der Waals surface area (Å²) >= 11 is 0. The number of ether oxygens (including phenoxy) is 1. The van der Waals surface area contributed by atoms with Crippen LogP contribution in [0.3, 0.4) is 0 Å². The predicted molar refractivity (Wildman–Crippen MR) is 126 cm³/mol. The van der Waals surface area contributed by atoms with Gasteiger partial charge in [0.05, 0.1) is 24.9 Å². The first-order valence-electron chi connectivity index (χ1n) is 10.9. The van der Waals surface area contributed by atoms with E-state index < -0.39 is 5.97 Å². The molecular formula is C26H26FN3O4. The molecule has 0 bridgehead atoms. The second kappa shape index (κ2) is 9.51. The molecule has 1 aromatic heterocycles. The van der Waals surface area contributed by atoms with E-state index in [0.717, 1.165) is 17.0 Å². The number of aliphatic carboxylic acids is 1. The van der Waals surface area contributed by atoms with Gasteiger partial charge in [0.25, 0.3) is 0 Å². The maximum Gasteiger partial charge on any atom is 0.307 e. The lowest BCUT2D eigenvalue weighted by Crippen LogP contribution is -2.35. The van der Waals surface area contributed by atoms with E-state index >= 15 is 0 Å². The lowest BCUT2D eigenvalue weighted by molar-refractivity contribution is -0.136. The Morgan fingerprint density at radius 1 is 1.18 bits per heavy atom. The molecular weight excluding hydrogens is 437 g/mol. The normalized spacial score (nSPS) is 13.2. The number of amides is 1. The first-order chi connectivity index (χ1) is 16.3. The van der Waals surface area contributed by atoms with Gasteiger partial charge in [-0.05, 0) is 65.9 Å². The fourth-order valence-electron chi connectivity index (χ4n) is 4.37. The zero-order valence-corrected chi connectivity index (χ0v) is 19.3. The topological polar surface area (TPSA) is 84.7 Å². The first-order valence-corrected chi connectivity index (χ1v) is 10.9. The van der Waals surface area contributed by atoms with Crippen LogP contribution in [0.5, 0.6) is 5.75 Å². The summed E-state index contributed by atoms with van der Waals surface area (Å²) in [6, 6.07) is 10.1. The Morgan fingerprint density at radius 3 is 2.65 bits per heavy atom. The number of hydrogen-bond acceptors (Lipinski definition) is 4. The van der Waals surface area contributed by atoms with Crippen LogP contribution in [0.4, 0.5) is 4.39 Å². The fraction of sp³-hybridized carbons (Fsp3) is 0.269. The van der Waals surface area contributed by atoms with Crippen LogP contribution in [-0.2, 0) is 36.0 Å². The Labute approximate surface area is 197 Å². The van der Waals surface area contributed by atoms with E-state index in [1.807, 2.05) is 20.0 Å². The molecule has 176 valence electrons. The van der Waals surface area contributed by atoms with Crippen molar-refractivity contribution in [2.45, 2.75) is 26.3 Å². The average molecular weight is 464 g/mol. The molecule has 0 saturated carbocycles. The number of halogens is 1. The highest BCUT2D eigenvalue weighted by Gasteiger charge is 2.26. The van der Waals surface area contributed by atoms with Crippen molar-refractivity contribution in [2.75, 3.05) is 13.7 Å². The predicted octanol–water partition coefficient (Wildman–Crippen LogP) is 3.77. The number of methoxy groups -OCH3 is 1. The van der Waals surface area contributed by atoms with E-state index in [1.54, 1.807) is 39.9 Å². The molecule has 8 heteroatoms. The number of carboxylic acids is 1. The van der Waals surface area contributed by atoms with Crippen LogP contribution in [-0.4, -0.2) is 45.3 Å². The summed E-state index contributed by atoms with van der Waals surface area (Å²) in [6.07, 6.45) is 3.48. The molecule has 0 spiro atoms. The van der Waals surface area contributed by atoms with E-state index in [9.17, 15) is 19.1 Å². The Hall–Kier alpha value is -3.94. The van der Waals surface area contributed by atoms with Gasteiger partial charge in [0.15, 0.2) is 0 Å². The second-order valence-corrected chi connectivity index (χ2v) is 8.33. The number of carboxylic acid groups (broad SMARTS) is 1. The maximum absolute atomic E-state index is 14.7. The van der Waals surface area contributed by atoms with Crippen LogP contribution < -0.4 is 4.74 Å². The van der Waals surface area contributed by atoms with Gasteiger partial charge in [0, 0.05) is 31.8 Å². The highest BCUT2D eigenvalue weighted by Crippen LogP contribution is 2.37. The van der Waals surface area contributed by atoms with Gasteiger partial charge in [-0.25, -0.2) is 4.39 Å². The molecule has 0 radical (unpaired) electrons. The molecule has 3 aromatic rings. The summed E-state index contributed by atoms with van der Waals surface area (Å²) in [4.78, 5) is 25.9. The Morgan fingerprint density at radius 2 is 1.97 bits per heavy atom. The number of aryl methyl sites for hydroxylation is 2. The number of benzene rings is 2. The quantitative estimate of drug-likeness (QED) is 0.563. The third-order valence-corrected chi connectivity index (χ3v) is 6.01. The number of aromatic nitrogens is 2. The van der Waals surface area contributed by atoms with Crippen molar-refractivity contribution in [1.29, 1.82) is 0 Å². The molecule has 1 amide bonds. The van der Waals surface area contributed by atoms with E-state index in [1.165, 1.54) is 19.3 Å². The summed E-state index contributed by atoms with van der Waals surface area (Å²) in [5.74, 6) is -0.874. The average Bonchev–Trinajstić information content (AvgIpc) is 3.13. The summed E-state index contributed by atoms with van der Waals surface area (Å²) in [7, 11) is 3.35. The molecule has 1 aliphatic rings. The number of hydrogen-bond donors (Lipinski definition) is 1. The summed E-state index contributed by atoms with van der Waals surface area (Å²) < 4.78 is 21.9. The van der Waals surface area contributed by atoms with Crippen molar-refractivity contribution >= 4 is 18.0 Å². The van der Waals surface area contributed by atoms with Gasteiger partial charge < -0.3 is 14.7 Å². The lowest BCUT2D eigenvalue weighted by Gasteiger charge is -2.30. The number of carbonyl (C=O) groups excluding carboxylic acids is 1. The van der Waals surface area contributed by atoms with Gasteiger partial charge in [-0.1, -0.05) is 12.1 Å². The SMILES string of the molecule is COc1ccc(CC(=O)O)cc1-c1ccc(F)c2c1CN(C(=O)C=Cc1cc(C)nn1C)CC2. The van der Waals surface area contributed by atoms with Gasteiger partial charge in [0.2, 0.25) is 5.91 Å². The standard InChI is InChI=1S/C26H26FN3O4/c1-16-12-18(29(2)28-16)5-9-25(31)30-11-10-20-22(15-30)19(6-7-23(20)27)21-13-17(14-26(32)33)4-8-24(21)34-3/h4-9,12-13H,10-11,14-15H2,1-3H3,(H,32,33). The van der Waals surface area contributed by atoms with Crippen molar-refractivity contribution in [2.24, 2.45) is 7.05 Å². The summed E-state index contributed by atoms with van der Waals surface area (Å²) in [5.41, 5.74) is 4.96. The molecule has 2 aromatic carbocycles. The zero-order chi connectivity index (χ0) is 24.4. The Kier molecular flexibility index (Phi) is 6.49. The van der Waals surface area contributed by atoms with Gasteiger partial charge >= 0.3 is 5.97 Å². The number of fused-ring (bicyclic) bond motifs is 1. The third kappa shape index (κ3) is 4.71. The number of carbonyl (C=O) groups is 2. The van der Waals surface area contributed by atoms with Crippen molar-refractivity contribution in [1.82, 2.24) is 14.7 Å². The maximum atomic E-state index is 14.7. The van der Waals surface area contributed by atoms with Gasteiger partial charge in [0.1, 0.15) is 11.6 Å². The molecule has 1 N–H and O–H groups in total. The minimum atomic E-state index is -0.940. The summed E-state index contributed by atoms with van der Waals surface area (Å²) in [6.45, 7) is 2.52. The van der Waals surface area contributed by atoms with Gasteiger partial charge in [-0.2, -0.15) is 5.10 Å². The molecule has 0 aliphatic carbocycles. The fourth-order valence-corrected chi connectivity index (χ4v) is 4.37. The molecule has 0 unspecified atom stereocenters. The molecule has 1 aliphatic heterocycles. The van der Waals surface area contributed by atoms with Crippen LogP contribution in [0.25, 0.3) is 17.2 Å². The highest BCUT2D eigenvalue weighted by atomic mass is 19.1. The van der Waals surface area contributed by atoms with Crippen LogP contribution in [0.2, 0.25) is 0 Å². The van der Waals surface area contributed by atoms with Gasteiger partial charge in [-0.15, -0.1) is 0 Å². The number of nitrogens with zero attached hydrogens (tertiary/aromatic N) is 3. The Bertz CT molecular complexity index is 1300. The van der Waals surface area contributed by atoms with E-state index in [-0.39, 0.29) is 24.7 Å². The van der Waals surface area contributed by atoms with Crippen LogP contribution >= 0.6 is 0 Å². The molecule has 4 rings (SSSR count). The monoisotopic (exact) mass is 463 g/mol. The summed E-state index contributed by atoms with van der Waals surface area (Å²) in [5, 5.41) is 13.5. The number of rotatable bonds is 6. The molecule has 34 heavy (non-hydrogen) atoms. The largest absolute Gasteiger partial charge is 0.496 e. The van der Waals surface area contributed by atoms with Gasteiger partial charge in [-0.3, -0.25) is 14.3 Å². The highest BCUT2D eigenvalue weighted by molar-refractivity contribution is 5.92. The molecule has 0 fully saturated rings. The molecule has 2 heterocycles. The molecule has 7 nitrogen and oxygen atoms in total. The van der Waals surface area contributed by atoms with Crippen molar-refractivity contribution in [3.8, 4) is 16.9 Å². The van der Waals surface area contributed by atoms with E-state index in [4.69, 9.17) is 4.74 Å². The zero-order valence-electron chi connectivity index (χ0n) is 19.3. The molecule has 0 atom stereocenters. The van der Waals surface area contributed by atoms with Crippen LogP contribution in [0, 0.1) is 12.7 Å². The third-order valence-electron chi connectivity index (χ3n) is 6.01. The lowest BCUT2D eigenvalue weighted by atomic mass is 9.89. The van der Waals surface area contributed by atoms with E-state index in [0.29, 0.717) is 41.0 Å². The van der Waals surface area contributed by atoms with Crippen LogP contribution in [0.15, 0.2) is 42.5 Å². The van der Waals surface area contributed by atoms with E-state index in [2.05, 4.69) is 5.10 Å². The second-order valence-electron chi connectivity index (χ2n) is 8.33.